The third-order valence-electron chi connectivity index (χ3n) is 2.12. The van der Waals surface area contributed by atoms with Crippen molar-refractivity contribution < 1.29 is 0 Å². The van der Waals surface area contributed by atoms with Crippen LogP contribution >= 0.6 is 11.6 Å². The minimum Gasteiger partial charge on any atom is -0.341 e. The van der Waals surface area contributed by atoms with Gasteiger partial charge in [-0.3, -0.25) is 0 Å². The Hall–Kier alpha value is -0.830. The molecule has 0 atom stereocenters. The van der Waals surface area contributed by atoms with E-state index in [0.29, 0.717) is 5.88 Å². The van der Waals surface area contributed by atoms with Gasteiger partial charge in [-0.1, -0.05) is 13.8 Å². The molecule has 84 valence electrons. The Morgan fingerprint density at radius 3 is 2.07 bits per heavy atom. The maximum absolute atomic E-state index is 5.69. The lowest BCUT2D eigenvalue weighted by atomic mass is 10.3. The molecule has 0 amide bonds. The summed E-state index contributed by atoms with van der Waals surface area (Å²) in [5.74, 6) is 1.29. The Balaban J connectivity index is 2.72. The van der Waals surface area contributed by atoms with E-state index in [1.54, 1.807) is 12.4 Å². The van der Waals surface area contributed by atoms with Crippen molar-refractivity contribution in [1.29, 1.82) is 0 Å². The standard InChI is InChI=1S/C11H18ClN3/c1-3-5-15(6-4-2)11-13-8-10(7-12)9-14-11/h8-9H,3-7H2,1-2H3. The summed E-state index contributed by atoms with van der Waals surface area (Å²) in [5, 5.41) is 0. The molecule has 0 N–H and O–H groups in total. The van der Waals surface area contributed by atoms with E-state index in [1.807, 2.05) is 0 Å². The first-order chi connectivity index (χ1) is 7.31. The first kappa shape index (κ1) is 12.2. The van der Waals surface area contributed by atoms with Crippen LogP contribution in [0.15, 0.2) is 12.4 Å². The van der Waals surface area contributed by atoms with Crippen molar-refractivity contribution in [3.63, 3.8) is 0 Å². The van der Waals surface area contributed by atoms with Gasteiger partial charge in [0.25, 0.3) is 0 Å². The van der Waals surface area contributed by atoms with Crippen LogP contribution in [0.1, 0.15) is 32.3 Å². The SMILES string of the molecule is CCCN(CCC)c1ncc(CCl)cn1. The van der Waals surface area contributed by atoms with Crippen molar-refractivity contribution in [3.8, 4) is 0 Å². The highest BCUT2D eigenvalue weighted by molar-refractivity contribution is 6.17. The molecule has 1 rings (SSSR count). The fourth-order valence-corrected chi connectivity index (χ4v) is 1.57. The van der Waals surface area contributed by atoms with E-state index in [0.717, 1.165) is 37.4 Å². The average Bonchev–Trinajstić information content (AvgIpc) is 2.29. The number of rotatable bonds is 6. The van der Waals surface area contributed by atoms with Crippen LogP contribution in [0.3, 0.4) is 0 Å². The van der Waals surface area contributed by atoms with Crippen LogP contribution in [0.4, 0.5) is 5.95 Å². The maximum Gasteiger partial charge on any atom is 0.225 e. The lowest BCUT2D eigenvalue weighted by Gasteiger charge is -2.20. The van der Waals surface area contributed by atoms with E-state index in [1.165, 1.54) is 0 Å². The second kappa shape index (κ2) is 6.62. The normalized spacial score (nSPS) is 10.3. The van der Waals surface area contributed by atoms with Gasteiger partial charge in [-0.2, -0.15) is 0 Å². The molecule has 3 nitrogen and oxygen atoms in total. The summed E-state index contributed by atoms with van der Waals surface area (Å²) in [6, 6.07) is 0. The molecule has 15 heavy (non-hydrogen) atoms. The molecule has 0 aromatic carbocycles. The zero-order valence-electron chi connectivity index (χ0n) is 9.41. The average molecular weight is 228 g/mol. The maximum atomic E-state index is 5.69. The largest absolute Gasteiger partial charge is 0.341 e. The number of halogens is 1. The quantitative estimate of drug-likeness (QED) is 0.700. The summed E-state index contributed by atoms with van der Waals surface area (Å²) >= 11 is 5.69. The predicted octanol–water partition coefficient (Wildman–Crippen LogP) is 2.84. The van der Waals surface area contributed by atoms with Crippen LogP contribution in [0.2, 0.25) is 0 Å². The van der Waals surface area contributed by atoms with Crippen molar-refractivity contribution in [3.05, 3.63) is 18.0 Å². The van der Waals surface area contributed by atoms with E-state index in [-0.39, 0.29) is 0 Å². The van der Waals surface area contributed by atoms with Gasteiger partial charge in [0.15, 0.2) is 0 Å². The minimum atomic E-state index is 0.474. The number of aromatic nitrogens is 2. The molecular formula is C11H18ClN3. The molecule has 0 aliphatic heterocycles. The number of anilines is 1. The van der Waals surface area contributed by atoms with Gasteiger partial charge in [-0.05, 0) is 12.8 Å². The lowest BCUT2D eigenvalue weighted by Crippen LogP contribution is -2.26. The van der Waals surface area contributed by atoms with Gasteiger partial charge >= 0.3 is 0 Å². The van der Waals surface area contributed by atoms with Gasteiger partial charge in [0.05, 0.1) is 5.88 Å². The van der Waals surface area contributed by atoms with E-state index < -0.39 is 0 Å². The van der Waals surface area contributed by atoms with E-state index in [2.05, 4.69) is 28.7 Å². The fraction of sp³-hybridized carbons (Fsp3) is 0.636. The molecule has 0 fully saturated rings. The summed E-state index contributed by atoms with van der Waals surface area (Å²) in [4.78, 5) is 10.8. The van der Waals surface area contributed by atoms with Gasteiger partial charge in [0.1, 0.15) is 0 Å². The van der Waals surface area contributed by atoms with Crippen LogP contribution in [-0.2, 0) is 5.88 Å². The highest BCUT2D eigenvalue weighted by Crippen LogP contribution is 2.09. The van der Waals surface area contributed by atoms with Gasteiger partial charge in [0.2, 0.25) is 5.95 Å². The van der Waals surface area contributed by atoms with E-state index in [9.17, 15) is 0 Å². The van der Waals surface area contributed by atoms with Crippen LogP contribution in [-0.4, -0.2) is 23.1 Å². The predicted molar refractivity (Wildman–Crippen MR) is 64.4 cm³/mol. The Morgan fingerprint density at radius 2 is 1.67 bits per heavy atom. The molecule has 1 aromatic rings. The number of hydrogen-bond donors (Lipinski definition) is 0. The third kappa shape index (κ3) is 3.67. The van der Waals surface area contributed by atoms with Crippen molar-refractivity contribution in [2.24, 2.45) is 0 Å². The van der Waals surface area contributed by atoms with Crippen LogP contribution in [0.5, 0.6) is 0 Å². The fourth-order valence-electron chi connectivity index (χ4n) is 1.43. The molecular weight excluding hydrogens is 210 g/mol. The number of nitrogens with zero attached hydrogens (tertiary/aromatic N) is 3. The van der Waals surface area contributed by atoms with E-state index >= 15 is 0 Å². The molecule has 0 unspecified atom stereocenters. The van der Waals surface area contributed by atoms with Gasteiger partial charge in [0, 0.05) is 31.0 Å². The van der Waals surface area contributed by atoms with Gasteiger partial charge in [-0.25, -0.2) is 9.97 Å². The zero-order valence-corrected chi connectivity index (χ0v) is 10.2. The molecule has 1 heterocycles. The summed E-state index contributed by atoms with van der Waals surface area (Å²) in [5.41, 5.74) is 0.966. The monoisotopic (exact) mass is 227 g/mol. The van der Waals surface area contributed by atoms with Crippen LogP contribution in [0.25, 0.3) is 0 Å². The smallest absolute Gasteiger partial charge is 0.225 e. The molecule has 0 aliphatic rings. The lowest BCUT2D eigenvalue weighted by molar-refractivity contribution is 0.720. The summed E-state index contributed by atoms with van der Waals surface area (Å²) in [7, 11) is 0. The molecule has 0 radical (unpaired) electrons. The van der Waals surface area contributed by atoms with Crippen molar-refractivity contribution in [2.45, 2.75) is 32.6 Å². The first-order valence-electron chi connectivity index (χ1n) is 5.43. The molecule has 0 saturated carbocycles. The third-order valence-corrected chi connectivity index (χ3v) is 2.42. The molecule has 1 aromatic heterocycles. The van der Waals surface area contributed by atoms with Gasteiger partial charge < -0.3 is 4.90 Å². The second-order valence-corrected chi connectivity index (χ2v) is 3.78. The Morgan fingerprint density at radius 1 is 1.13 bits per heavy atom. The first-order valence-corrected chi connectivity index (χ1v) is 5.97. The molecule has 0 bridgehead atoms. The zero-order chi connectivity index (χ0) is 11.1. The highest BCUT2D eigenvalue weighted by Gasteiger charge is 2.06. The van der Waals surface area contributed by atoms with Crippen LogP contribution in [0, 0.1) is 0 Å². The van der Waals surface area contributed by atoms with Crippen molar-refractivity contribution in [1.82, 2.24) is 9.97 Å². The summed E-state index contributed by atoms with van der Waals surface area (Å²) in [6.45, 7) is 6.34. The minimum absolute atomic E-state index is 0.474. The van der Waals surface area contributed by atoms with E-state index in [4.69, 9.17) is 11.6 Å². The number of alkyl halides is 1. The molecule has 0 saturated heterocycles. The Labute approximate surface area is 96.5 Å². The summed E-state index contributed by atoms with van der Waals surface area (Å²) < 4.78 is 0. The number of hydrogen-bond acceptors (Lipinski definition) is 3. The second-order valence-electron chi connectivity index (χ2n) is 3.51. The van der Waals surface area contributed by atoms with Crippen molar-refractivity contribution in [2.75, 3.05) is 18.0 Å². The van der Waals surface area contributed by atoms with Gasteiger partial charge in [-0.15, -0.1) is 11.6 Å². The Kier molecular flexibility index (Phi) is 5.40. The topological polar surface area (TPSA) is 29.0 Å². The highest BCUT2D eigenvalue weighted by atomic mass is 35.5. The molecule has 4 heteroatoms. The molecule has 0 aliphatic carbocycles. The molecule has 0 spiro atoms. The summed E-state index contributed by atoms with van der Waals surface area (Å²) in [6.07, 6.45) is 5.82. The van der Waals surface area contributed by atoms with Crippen molar-refractivity contribution >= 4 is 17.5 Å². The Bertz CT molecular complexity index is 268. The van der Waals surface area contributed by atoms with Crippen LogP contribution < -0.4 is 4.90 Å².